The Kier molecular flexibility index (Phi) is 13.8. The third kappa shape index (κ3) is 12.2. The van der Waals surface area contributed by atoms with E-state index in [0.29, 0.717) is 19.0 Å². The van der Waals surface area contributed by atoms with Crippen molar-refractivity contribution in [2.24, 2.45) is 4.99 Å². The molecule has 6 nitrogen and oxygen atoms in total. The second kappa shape index (κ2) is 14.3. The number of benzene rings is 1. The molecule has 0 amide bonds. The molecule has 0 aliphatic carbocycles. The minimum atomic E-state index is -3.31. The van der Waals surface area contributed by atoms with E-state index in [1.165, 1.54) is 0 Å². The van der Waals surface area contributed by atoms with Crippen molar-refractivity contribution in [2.45, 2.75) is 39.7 Å². The molecule has 1 rings (SSSR count). The molecule has 0 fully saturated rings. The molecule has 0 aromatic heterocycles. The minimum Gasteiger partial charge on any atom is -0.357 e. The maximum absolute atomic E-state index is 12.0. The summed E-state index contributed by atoms with van der Waals surface area (Å²) < 4.78 is 26.7. The number of nitrogens with zero attached hydrogens (tertiary/aromatic N) is 1. The van der Waals surface area contributed by atoms with Gasteiger partial charge in [0.05, 0.1) is 5.75 Å². The van der Waals surface area contributed by atoms with E-state index < -0.39 is 10.0 Å². The van der Waals surface area contributed by atoms with Crippen LogP contribution >= 0.6 is 24.0 Å². The summed E-state index contributed by atoms with van der Waals surface area (Å²) in [6.07, 6.45) is 3.36. The van der Waals surface area contributed by atoms with Gasteiger partial charge in [-0.3, -0.25) is 4.99 Å². The number of halogens is 1. The Morgan fingerprint density at radius 2 is 1.80 bits per heavy atom. The molecule has 0 bridgehead atoms. The lowest BCUT2D eigenvalue weighted by Crippen LogP contribution is -2.41. The van der Waals surface area contributed by atoms with E-state index in [1.807, 2.05) is 37.3 Å². The molecule has 3 N–H and O–H groups in total. The summed E-state index contributed by atoms with van der Waals surface area (Å²) in [5.41, 5.74) is 0.944. The molecule has 0 aliphatic heterocycles. The zero-order chi connectivity index (χ0) is 17.7. The summed E-state index contributed by atoms with van der Waals surface area (Å²) in [5.74, 6) is 0.686. The average Bonchev–Trinajstić information content (AvgIpc) is 2.58. The zero-order valence-electron chi connectivity index (χ0n) is 15.1. The molecule has 0 atom stereocenters. The summed E-state index contributed by atoms with van der Waals surface area (Å²) in [5, 5.41) is 6.20. The Bertz CT molecular complexity index is 580. The van der Waals surface area contributed by atoms with Gasteiger partial charge in [-0.25, -0.2) is 13.1 Å². The summed E-state index contributed by atoms with van der Waals surface area (Å²) in [7, 11) is -3.31. The number of hydrogen-bond acceptors (Lipinski definition) is 3. The Morgan fingerprint density at radius 3 is 2.44 bits per heavy atom. The first-order valence-corrected chi connectivity index (χ1v) is 10.3. The minimum absolute atomic E-state index is 0. The Labute approximate surface area is 169 Å². The van der Waals surface area contributed by atoms with Crippen LogP contribution in [-0.4, -0.2) is 39.8 Å². The van der Waals surface area contributed by atoms with Gasteiger partial charge in [0.2, 0.25) is 10.0 Å². The quantitative estimate of drug-likeness (QED) is 0.196. The Morgan fingerprint density at radius 1 is 1.08 bits per heavy atom. The first-order valence-electron chi connectivity index (χ1n) is 8.61. The summed E-state index contributed by atoms with van der Waals surface area (Å²) >= 11 is 0. The topological polar surface area (TPSA) is 82.6 Å². The predicted molar refractivity (Wildman–Crippen MR) is 116 cm³/mol. The van der Waals surface area contributed by atoms with Gasteiger partial charge in [-0.05, 0) is 18.9 Å². The zero-order valence-corrected chi connectivity index (χ0v) is 18.3. The van der Waals surface area contributed by atoms with E-state index in [4.69, 9.17) is 0 Å². The second-order valence-corrected chi connectivity index (χ2v) is 7.45. The van der Waals surface area contributed by atoms with E-state index in [0.717, 1.165) is 37.9 Å². The monoisotopic (exact) mass is 482 g/mol. The fourth-order valence-electron chi connectivity index (χ4n) is 2.06. The van der Waals surface area contributed by atoms with Crippen molar-refractivity contribution in [1.82, 2.24) is 15.4 Å². The van der Waals surface area contributed by atoms with Gasteiger partial charge in [0.25, 0.3) is 0 Å². The van der Waals surface area contributed by atoms with Crippen LogP contribution in [0, 0.1) is 0 Å². The van der Waals surface area contributed by atoms with Crippen molar-refractivity contribution in [1.29, 1.82) is 0 Å². The van der Waals surface area contributed by atoms with E-state index >= 15 is 0 Å². The standard InChI is InChI=1S/C17H30N4O2S.HI/c1-3-5-9-12-19-17(18-4-2)20-13-14-24(22,23)21-15-16-10-7-6-8-11-16;/h6-8,10-11,21H,3-5,9,12-15H2,1-2H3,(H2,18,19,20);1H. The molecule has 25 heavy (non-hydrogen) atoms. The Hall–Kier alpha value is -0.870. The highest BCUT2D eigenvalue weighted by Crippen LogP contribution is 1.98. The van der Waals surface area contributed by atoms with Crippen molar-refractivity contribution >= 4 is 40.0 Å². The lowest BCUT2D eigenvalue weighted by Gasteiger charge is -2.12. The largest absolute Gasteiger partial charge is 0.357 e. The fourth-order valence-corrected chi connectivity index (χ4v) is 2.96. The summed E-state index contributed by atoms with van der Waals surface area (Å²) in [4.78, 5) is 4.44. The normalized spacial score (nSPS) is 11.7. The molecule has 1 aromatic rings. The van der Waals surface area contributed by atoms with E-state index in [1.54, 1.807) is 0 Å². The van der Waals surface area contributed by atoms with Gasteiger partial charge in [0.1, 0.15) is 0 Å². The van der Waals surface area contributed by atoms with Crippen molar-refractivity contribution in [3.63, 3.8) is 0 Å². The van der Waals surface area contributed by atoms with E-state index in [9.17, 15) is 8.42 Å². The lowest BCUT2D eigenvalue weighted by molar-refractivity contribution is 0.580. The molecule has 1 aromatic carbocycles. The summed E-state index contributed by atoms with van der Waals surface area (Å²) in [6.45, 7) is 6.28. The highest BCUT2D eigenvalue weighted by molar-refractivity contribution is 14.0. The molecule has 0 radical (unpaired) electrons. The molecular weight excluding hydrogens is 451 g/mol. The molecular formula is C17H31IN4O2S. The smallest absolute Gasteiger partial charge is 0.213 e. The third-order valence-electron chi connectivity index (χ3n) is 3.38. The van der Waals surface area contributed by atoms with Crippen LogP contribution in [-0.2, 0) is 16.6 Å². The molecule has 0 spiro atoms. The number of aliphatic imine (C=N–C) groups is 1. The van der Waals surface area contributed by atoms with Gasteiger partial charge >= 0.3 is 0 Å². The van der Waals surface area contributed by atoms with Crippen LogP contribution < -0.4 is 15.4 Å². The van der Waals surface area contributed by atoms with E-state index in [-0.39, 0.29) is 29.7 Å². The van der Waals surface area contributed by atoms with Crippen LogP contribution in [0.5, 0.6) is 0 Å². The van der Waals surface area contributed by atoms with Crippen LogP contribution in [0.4, 0.5) is 0 Å². The number of guanidine groups is 1. The van der Waals surface area contributed by atoms with Crippen LogP contribution in [0.25, 0.3) is 0 Å². The molecule has 0 heterocycles. The van der Waals surface area contributed by atoms with Crippen molar-refractivity contribution in [2.75, 3.05) is 25.4 Å². The molecule has 0 saturated carbocycles. The van der Waals surface area contributed by atoms with Crippen LogP contribution in [0.2, 0.25) is 0 Å². The molecule has 0 saturated heterocycles. The number of sulfonamides is 1. The van der Waals surface area contributed by atoms with Crippen LogP contribution in [0.1, 0.15) is 38.7 Å². The SMILES string of the molecule is CCCCCN=C(NCC)NCCS(=O)(=O)NCc1ccccc1.I. The van der Waals surface area contributed by atoms with Crippen molar-refractivity contribution in [3.8, 4) is 0 Å². The number of unbranched alkanes of at least 4 members (excludes halogenated alkanes) is 2. The highest BCUT2D eigenvalue weighted by atomic mass is 127. The number of hydrogen-bond donors (Lipinski definition) is 3. The first-order chi connectivity index (χ1) is 11.6. The van der Waals surface area contributed by atoms with Crippen LogP contribution in [0.15, 0.2) is 35.3 Å². The molecule has 0 aliphatic rings. The predicted octanol–water partition coefficient (Wildman–Crippen LogP) is 2.47. The summed E-state index contributed by atoms with van der Waals surface area (Å²) in [6, 6.07) is 9.48. The second-order valence-electron chi connectivity index (χ2n) is 5.52. The highest BCUT2D eigenvalue weighted by Gasteiger charge is 2.10. The van der Waals surface area contributed by atoms with Gasteiger partial charge in [-0.15, -0.1) is 24.0 Å². The van der Waals surface area contributed by atoms with Crippen LogP contribution in [0.3, 0.4) is 0 Å². The lowest BCUT2D eigenvalue weighted by atomic mass is 10.2. The third-order valence-corrected chi connectivity index (χ3v) is 4.70. The molecule has 0 unspecified atom stereocenters. The molecule has 144 valence electrons. The maximum Gasteiger partial charge on any atom is 0.213 e. The van der Waals surface area contributed by atoms with Gasteiger partial charge < -0.3 is 10.6 Å². The first kappa shape index (κ1) is 24.1. The molecule has 8 heteroatoms. The van der Waals surface area contributed by atoms with Crippen molar-refractivity contribution < 1.29 is 8.42 Å². The number of rotatable bonds is 11. The Balaban J connectivity index is 0.00000576. The van der Waals surface area contributed by atoms with E-state index in [2.05, 4.69) is 27.3 Å². The van der Waals surface area contributed by atoms with Gasteiger partial charge in [-0.1, -0.05) is 50.1 Å². The van der Waals surface area contributed by atoms with Gasteiger partial charge in [0.15, 0.2) is 5.96 Å². The maximum atomic E-state index is 12.0. The average molecular weight is 482 g/mol. The van der Waals surface area contributed by atoms with Gasteiger partial charge in [0, 0.05) is 26.2 Å². The van der Waals surface area contributed by atoms with Crippen molar-refractivity contribution in [3.05, 3.63) is 35.9 Å². The van der Waals surface area contributed by atoms with Gasteiger partial charge in [-0.2, -0.15) is 0 Å². The number of nitrogens with one attached hydrogen (secondary N) is 3. The fraction of sp³-hybridized carbons (Fsp3) is 0.588.